The van der Waals surface area contributed by atoms with Gasteiger partial charge in [-0.1, -0.05) is 0 Å². The van der Waals surface area contributed by atoms with Crippen molar-refractivity contribution >= 4 is 29.4 Å². The fraction of sp³-hybridized carbons (Fsp3) is 0.143. The minimum atomic E-state index is -3.62. The monoisotopic (exact) mass is 276 g/mol. The minimum Gasteiger partial charge on any atom is -0.399 e. The van der Waals surface area contributed by atoms with Gasteiger partial charge < -0.3 is 16.4 Å². The molecular formula is C14H17N2O2P. The van der Waals surface area contributed by atoms with Crippen molar-refractivity contribution in [3.63, 3.8) is 0 Å². The first kappa shape index (κ1) is 13.7. The highest BCUT2D eigenvalue weighted by atomic mass is 31.2. The third-order valence-electron chi connectivity index (χ3n) is 3.09. The molecule has 2 rings (SSSR count). The maximum absolute atomic E-state index is 12.8. The fourth-order valence-electron chi connectivity index (χ4n) is 2.17. The largest absolute Gasteiger partial charge is 0.399 e. The molecule has 5 N–H and O–H groups in total. The molecule has 0 aliphatic heterocycles. The molecule has 0 unspecified atom stereocenters. The van der Waals surface area contributed by atoms with Crippen molar-refractivity contribution < 1.29 is 9.46 Å². The Morgan fingerprint density at radius 2 is 1.26 bits per heavy atom. The Bertz CT molecular complexity index is 628. The zero-order chi connectivity index (χ0) is 14.2. The van der Waals surface area contributed by atoms with Crippen LogP contribution in [0.4, 0.5) is 11.4 Å². The van der Waals surface area contributed by atoms with E-state index in [0.717, 1.165) is 0 Å². The molecule has 0 saturated heterocycles. The van der Waals surface area contributed by atoms with Crippen LogP contribution >= 0.6 is 7.37 Å². The van der Waals surface area contributed by atoms with Gasteiger partial charge in [-0.15, -0.1) is 0 Å². The molecule has 100 valence electrons. The van der Waals surface area contributed by atoms with Crippen LogP contribution in [0.2, 0.25) is 0 Å². The molecule has 0 saturated carbocycles. The molecule has 2 aromatic rings. The molecule has 0 aliphatic rings. The van der Waals surface area contributed by atoms with Gasteiger partial charge in [-0.2, -0.15) is 0 Å². The van der Waals surface area contributed by atoms with E-state index in [1.165, 1.54) is 0 Å². The topological polar surface area (TPSA) is 89.3 Å². The third kappa shape index (κ3) is 2.50. The van der Waals surface area contributed by atoms with Gasteiger partial charge in [0.2, 0.25) is 0 Å². The second-order valence-electron chi connectivity index (χ2n) is 4.67. The van der Waals surface area contributed by atoms with Crippen LogP contribution in [0.1, 0.15) is 11.1 Å². The number of benzene rings is 2. The van der Waals surface area contributed by atoms with E-state index in [0.29, 0.717) is 33.1 Å². The standard InChI is InChI=1S/C14H17N2O2P/c1-9-7-11(15)3-5-13(9)19(17,18)14-6-4-12(16)8-10(14)2/h3-8H,15-16H2,1-2H3,(H,17,18). The second-order valence-corrected chi connectivity index (χ2v) is 6.78. The molecule has 4 nitrogen and oxygen atoms in total. The lowest BCUT2D eigenvalue weighted by Crippen LogP contribution is -2.20. The van der Waals surface area contributed by atoms with Gasteiger partial charge in [0, 0.05) is 22.0 Å². The summed E-state index contributed by atoms with van der Waals surface area (Å²) in [6.45, 7) is 3.56. The summed E-state index contributed by atoms with van der Waals surface area (Å²) in [5, 5.41) is 0.823. The van der Waals surface area contributed by atoms with E-state index in [2.05, 4.69) is 0 Å². The van der Waals surface area contributed by atoms with Gasteiger partial charge >= 0.3 is 0 Å². The first-order valence-electron chi connectivity index (χ1n) is 5.88. The van der Waals surface area contributed by atoms with Gasteiger partial charge in [-0.05, 0) is 61.4 Å². The molecule has 2 aromatic carbocycles. The predicted octanol–water partition coefficient (Wildman–Crippen LogP) is 1.69. The molecule has 0 aliphatic carbocycles. The Labute approximate surface area is 112 Å². The van der Waals surface area contributed by atoms with Crippen LogP contribution in [0, 0.1) is 13.8 Å². The summed E-state index contributed by atoms with van der Waals surface area (Å²) in [4.78, 5) is 10.5. The minimum absolute atomic E-state index is 0.412. The Morgan fingerprint density at radius 3 is 1.58 bits per heavy atom. The van der Waals surface area contributed by atoms with E-state index in [1.807, 2.05) is 0 Å². The van der Waals surface area contributed by atoms with Crippen molar-refractivity contribution in [2.24, 2.45) is 0 Å². The smallest absolute Gasteiger partial charge is 0.259 e. The second kappa shape index (κ2) is 4.72. The zero-order valence-corrected chi connectivity index (χ0v) is 11.8. The predicted molar refractivity (Wildman–Crippen MR) is 80.3 cm³/mol. The highest BCUT2D eigenvalue weighted by molar-refractivity contribution is 7.73. The van der Waals surface area contributed by atoms with Crippen molar-refractivity contribution in [1.29, 1.82) is 0 Å². The highest BCUT2D eigenvalue weighted by Crippen LogP contribution is 2.40. The summed E-state index contributed by atoms with van der Waals surface area (Å²) >= 11 is 0. The van der Waals surface area contributed by atoms with Crippen LogP contribution in [0.5, 0.6) is 0 Å². The molecular weight excluding hydrogens is 259 g/mol. The average Bonchev–Trinajstić information content (AvgIpc) is 2.27. The lowest BCUT2D eigenvalue weighted by molar-refractivity contribution is 0.500. The van der Waals surface area contributed by atoms with Crippen molar-refractivity contribution in [1.82, 2.24) is 0 Å². The summed E-state index contributed by atoms with van der Waals surface area (Å²) in [7, 11) is -3.62. The van der Waals surface area contributed by atoms with Gasteiger partial charge in [-0.25, -0.2) is 0 Å². The van der Waals surface area contributed by atoms with Crippen LogP contribution in [-0.4, -0.2) is 4.89 Å². The number of hydrogen-bond acceptors (Lipinski definition) is 3. The summed E-state index contributed by atoms with van der Waals surface area (Å²) in [6, 6.07) is 9.90. The van der Waals surface area contributed by atoms with E-state index in [4.69, 9.17) is 11.5 Å². The Morgan fingerprint density at radius 1 is 0.895 bits per heavy atom. The first-order valence-corrected chi connectivity index (χ1v) is 7.54. The van der Waals surface area contributed by atoms with E-state index < -0.39 is 7.37 Å². The maximum atomic E-state index is 12.8. The summed E-state index contributed by atoms with van der Waals surface area (Å²) in [5.74, 6) is 0. The number of nitrogen functional groups attached to an aromatic ring is 2. The number of nitrogens with two attached hydrogens (primary N) is 2. The van der Waals surface area contributed by atoms with Crippen molar-refractivity contribution in [3.05, 3.63) is 47.5 Å². The van der Waals surface area contributed by atoms with Crippen LogP contribution in [-0.2, 0) is 4.57 Å². The number of rotatable bonds is 2. The van der Waals surface area contributed by atoms with E-state index in [-0.39, 0.29) is 0 Å². The summed E-state index contributed by atoms with van der Waals surface area (Å²) in [6.07, 6.45) is 0. The SMILES string of the molecule is Cc1cc(N)ccc1P(=O)(O)c1ccc(N)cc1C. The molecule has 19 heavy (non-hydrogen) atoms. The van der Waals surface area contributed by atoms with Crippen molar-refractivity contribution in [2.45, 2.75) is 13.8 Å². The normalized spacial score (nSPS) is 11.5. The molecule has 0 atom stereocenters. The van der Waals surface area contributed by atoms with E-state index in [9.17, 15) is 9.46 Å². The van der Waals surface area contributed by atoms with Crippen molar-refractivity contribution in [3.8, 4) is 0 Å². The van der Waals surface area contributed by atoms with Crippen LogP contribution in [0.3, 0.4) is 0 Å². The lowest BCUT2D eigenvalue weighted by Gasteiger charge is -2.17. The quantitative estimate of drug-likeness (QED) is 0.575. The lowest BCUT2D eigenvalue weighted by atomic mass is 10.2. The number of aryl methyl sites for hydroxylation is 2. The summed E-state index contributed by atoms with van der Waals surface area (Å²) < 4.78 is 12.8. The van der Waals surface area contributed by atoms with E-state index >= 15 is 0 Å². The van der Waals surface area contributed by atoms with Gasteiger partial charge in [0.15, 0.2) is 0 Å². The number of hydrogen-bond donors (Lipinski definition) is 3. The molecule has 5 heteroatoms. The molecule has 0 aromatic heterocycles. The Hall–Kier alpha value is -1.77. The third-order valence-corrected chi connectivity index (χ3v) is 5.40. The first-order chi connectivity index (χ1) is 8.82. The van der Waals surface area contributed by atoms with Crippen LogP contribution in [0.15, 0.2) is 36.4 Å². The molecule has 0 amide bonds. The Kier molecular flexibility index (Phi) is 3.40. The maximum Gasteiger partial charge on any atom is 0.259 e. The molecule has 0 bridgehead atoms. The van der Waals surface area contributed by atoms with Crippen molar-refractivity contribution in [2.75, 3.05) is 11.5 Å². The highest BCUT2D eigenvalue weighted by Gasteiger charge is 2.27. The molecule has 0 radical (unpaired) electrons. The Balaban J connectivity index is 2.61. The van der Waals surface area contributed by atoms with Gasteiger partial charge in [-0.3, -0.25) is 4.57 Å². The van der Waals surface area contributed by atoms with Gasteiger partial charge in [0.25, 0.3) is 7.37 Å². The molecule has 0 spiro atoms. The van der Waals surface area contributed by atoms with Crippen LogP contribution in [0.25, 0.3) is 0 Å². The fourth-order valence-corrected chi connectivity index (χ4v) is 4.07. The zero-order valence-electron chi connectivity index (χ0n) is 10.9. The number of anilines is 2. The van der Waals surface area contributed by atoms with Gasteiger partial charge in [0.1, 0.15) is 0 Å². The van der Waals surface area contributed by atoms with Gasteiger partial charge in [0.05, 0.1) is 0 Å². The van der Waals surface area contributed by atoms with Crippen LogP contribution < -0.4 is 22.1 Å². The summed E-state index contributed by atoms with van der Waals surface area (Å²) in [5.41, 5.74) is 13.9. The molecule has 0 fully saturated rings. The molecule has 0 heterocycles. The average molecular weight is 276 g/mol. The van der Waals surface area contributed by atoms with E-state index in [1.54, 1.807) is 50.2 Å².